The number of pyridine rings is 1. The van der Waals surface area contributed by atoms with E-state index in [1.54, 1.807) is 6.07 Å². The normalized spacial score (nSPS) is 15.1. The molecule has 180 valence electrons. The number of alkyl halides is 3. The summed E-state index contributed by atoms with van der Waals surface area (Å²) >= 11 is 5.88. The molecule has 12 heteroatoms. The third-order valence-corrected chi connectivity index (χ3v) is 4.86. The first kappa shape index (κ1) is 25.0. The van der Waals surface area contributed by atoms with E-state index in [-0.39, 0.29) is 42.4 Å². The van der Waals surface area contributed by atoms with Crippen molar-refractivity contribution in [3.05, 3.63) is 65.1 Å². The summed E-state index contributed by atoms with van der Waals surface area (Å²) in [6, 6.07) is 6.35. The SMILES string of the molecule is C=C(CCNC(=O)COc1ccc(C(F)(F)F)nc1)NC(=O)[C@H]1CC(=O)c2cc(Cl)ccc2O1. The molecule has 34 heavy (non-hydrogen) atoms. The van der Waals surface area contributed by atoms with Gasteiger partial charge in [-0.25, -0.2) is 4.98 Å². The van der Waals surface area contributed by atoms with Crippen molar-refractivity contribution >= 4 is 29.2 Å². The minimum atomic E-state index is -4.56. The molecular formula is C22H19ClF3N3O5. The summed E-state index contributed by atoms with van der Waals surface area (Å²) in [4.78, 5) is 39.7. The Hall–Kier alpha value is -3.60. The molecule has 2 N–H and O–H groups in total. The van der Waals surface area contributed by atoms with E-state index in [1.165, 1.54) is 12.1 Å². The van der Waals surface area contributed by atoms with Gasteiger partial charge in [0.2, 0.25) is 0 Å². The molecule has 0 saturated heterocycles. The molecule has 0 aliphatic carbocycles. The van der Waals surface area contributed by atoms with Gasteiger partial charge in [0.15, 0.2) is 18.5 Å². The van der Waals surface area contributed by atoms with E-state index in [0.29, 0.717) is 10.6 Å². The Morgan fingerprint density at radius 3 is 2.71 bits per heavy atom. The van der Waals surface area contributed by atoms with Crippen molar-refractivity contribution in [3.63, 3.8) is 0 Å². The molecule has 3 rings (SSSR count). The van der Waals surface area contributed by atoms with Crippen molar-refractivity contribution in [2.24, 2.45) is 0 Å². The predicted molar refractivity (Wildman–Crippen MR) is 114 cm³/mol. The average molecular weight is 498 g/mol. The van der Waals surface area contributed by atoms with Gasteiger partial charge in [-0.3, -0.25) is 14.4 Å². The number of halogens is 4. The lowest BCUT2D eigenvalue weighted by atomic mass is 10.0. The Labute approximate surface area is 197 Å². The zero-order valence-corrected chi connectivity index (χ0v) is 18.3. The second-order valence-corrected chi connectivity index (χ2v) is 7.67. The molecule has 1 aromatic heterocycles. The Bertz CT molecular complexity index is 1110. The maximum atomic E-state index is 12.5. The van der Waals surface area contributed by atoms with Crippen LogP contribution in [-0.2, 0) is 15.8 Å². The molecule has 2 heterocycles. The fourth-order valence-corrected chi connectivity index (χ4v) is 3.12. The highest BCUT2D eigenvalue weighted by Gasteiger charge is 2.33. The van der Waals surface area contributed by atoms with Crippen molar-refractivity contribution in [1.29, 1.82) is 0 Å². The predicted octanol–water partition coefficient (Wildman–Crippen LogP) is 3.30. The first-order chi connectivity index (χ1) is 16.0. The number of carbonyl (C=O) groups excluding carboxylic acids is 3. The van der Waals surface area contributed by atoms with Crippen molar-refractivity contribution in [2.75, 3.05) is 13.2 Å². The zero-order chi connectivity index (χ0) is 24.9. The summed E-state index contributed by atoms with van der Waals surface area (Å²) in [7, 11) is 0. The Morgan fingerprint density at radius 1 is 1.26 bits per heavy atom. The van der Waals surface area contributed by atoms with Crippen molar-refractivity contribution in [3.8, 4) is 11.5 Å². The van der Waals surface area contributed by atoms with Gasteiger partial charge in [0.25, 0.3) is 11.8 Å². The maximum Gasteiger partial charge on any atom is 0.433 e. The third kappa shape index (κ3) is 6.70. The molecule has 1 atom stereocenters. The fourth-order valence-electron chi connectivity index (χ4n) is 2.95. The van der Waals surface area contributed by atoms with Gasteiger partial charge in [-0.15, -0.1) is 0 Å². The fraction of sp³-hybridized carbons (Fsp3) is 0.273. The zero-order valence-electron chi connectivity index (χ0n) is 17.6. The summed E-state index contributed by atoms with van der Waals surface area (Å²) in [5.74, 6) is -1.09. The van der Waals surface area contributed by atoms with Crippen LogP contribution in [0.1, 0.15) is 28.9 Å². The number of rotatable bonds is 8. The van der Waals surface area contributed by atoms with E-state index < -0.39 is 36.4 Å². The second-order valence-electron chi connectivity index (χ2n) is 7.23. The number of ether oxygens (including phenoxy) is 2. The van der Waals surface area contributed by atoms with Crippen LogP contribution in [0.2, 0.25) is 5.02 Å². The highest BCUT2D eigenvalue weighted by molar-refractivity contribution is 6.31. The monoisotopic (exact) mass is 497 g/mol. The van der Waals surface area contributed by atoms with E-state index in [4.69, 9.17) is 21.1 Å². The number of amides is 2. The van der Waals surface area contributed by atoms with Crippen LogP contribution in [0.3, 0.4) is 0 Å². The largest absolute Gasteiger partial charge is 0.482 e. The molecule has 2 aromatic rings. The highest BCUT2D eigenvalue weighted by Crippen LogP contribution is 2.30. The smallest absolute Gasteiger partial charge is 0.433 e. The first-order valence-electron chi connectivity index (χ1n) is 9.93. The quantitative estimate of drug-likeness (QED) is 0.579. The molecule has 0 radical (unpaired) electrons. The van der Waals surface area contributed by atoms with E-state index in [1.807, 2.05) is 0 Å². The van der Waals surface area contributed by atoms with Gasteiger partial charge in [0.1, 0.15) is 17.2 Å². The third-order valence-electron chi connectivity index (χ3n) is 4.62. The molecule has 0 bridgehead atoms. The number of nitrogens with zero attached hydrogens (tertiary/aromatic N) is 1. The number of nitrogens with one attached hydrogen (secondary N) is 2. The minimum absolute atomic E-state index is 0.00528. The molecule has 2 amide bonds. The van der Waals surface area contributed by atoms with Crippen LogP contribution in [0.25, 0.3) is 0 Å². The van der Waals surface area contributed by atoms with Crippen LogP contribution in [0, 0.1) is 0 Å². The molecular weight excluding hydrogens is 479 g/mol. The number of Topliss-reactive ketones (excluding diaryl/α,β-unsaturated/α-hetero) is 1. The second kappa shape index (κ2) is 10.6. The molecule has 1 aliphatic rings. The number of ketones is 1. The van der Waals surface area contributed by atoms with Crippen LogP contribution in [-0.4, -0.2) is 41.8 Å². The lowest BCUT2D eigenvalue weighted by Gasteiger charge is -2.24. The minimum Gasteiger partial charge on any atom is -0.482 e. The first-order valence-corrected chi connectivity index (χ1v) is 10.3. The van der Waals surface area contributed by atoms with E-state index in [0.717, 1.165) is 18.3 Å². The molecule has 8 nitrogen and oxygen atoms in total. The van der Waals surface area contributed by atoms with Gasteiger partial charge in [0.05, 0.1) is 18.2 Å². The number of benzene rings is 1. The van der Waals surface area contributed by atoms with Crippen molar-refractivity contribution in [1.82, 2.24) is 15.6 Å². The van der Waals surface area contributed by atoms with Crippen LogP contribution in [0.5, 0.6) is 11.5 Å². The van der Waals surface area contributed by atoms with Crippen LogP contribution < -0.4 is 20.1 Å². The Kier molecular flexibility index (Phi) is 7.77. The van der Waals surface area contributed by atoms with Gasteiger partial charge in [0, 0.05) is 23.7 Å². The summed E-state index contributed by atoms with van der Waals surface area (Å²) in [5.41, 5.74) is -0.468. The van der Waals surface area contributed by atoms with E-state index in [9.17, 15) is 27.6 Å². The molecule has 0 fully saturated rings. The van der Waals surface area contributed by atoms with Gasteiger partial charge < -0.3 is 20.1 Å². The standard InChI is InChI=1S/C22H19ClF3N3O5/c1-12(29-21(32)18-9-16(30)15-8-13(23)2-4-17(15)34-18)6-7-27-20(31)11-33-14-3-5-19(28-10-14)22(24,25)26/h2-5,8,10,18H,1,6-7,9,11H2,(H,27,31)(H,29,32)/t18-/m1/s1. The molecule has 0 spiro atoms. The van der Waals surface area contributed by atoms with Crippen molar-refractivity contribution in [2.45, 2.75) is 25.1 Å². The molecule has 0 unspecified atom stereocenters. The van der Waals surface area contributed by atoms with E-state index >= 15 is 0 Å². The molecule has 1 aliphatic heterocycles. The lowest BCUT2D eigenvalue weighted by Crippen LogP contribution is -2.42. The number of carbonyl (C=O) groups is 3. The van der Waals surface area contributed by atoms with Gasteiger partial charge in [-0.1, -0.05) is 18.2 Å². The van der Waals surface area contributed by atoms with Crippen molar-refractivity contribution < 1.29 is 37.0 Å². The number of hydrogen-bond acceptors (Lipinski definition) is 6. The Morgan fingerprint density at radius 2 is 2.03 bits per heavy atom. The van der Waals surface area contributed by atoms with E-state index in [2.05, 4.69) is 22.2 Å². The summed E-state index contributed by atoms with van der Waals surface area (Å²) in [5, 5.41) is 5.45. The average Bonchev–Trinajstić information content (AvgIpc) is 2.77. The van der Waals surface area contributed by atoms with Crippen LogP contribution in [0.15, 0.2) is 48.8 Å². The van der Waals surface area contributed by atoms with Gasteiger partial charge in [-0.05, 0) is 30.3 Å². The van der Waals surface area contributed by atoms with Gasteiger partial charge >= 0.3 is 6.18 Å². The van der Waals surface area contributed by atoms with Crippen LogP contribution >= 0.6 is 11.6 Å². The lowest BCUT2D eigenvalue weighted by molar-refractivity contribution is -0.141. The summed E-state index contributed by atoms with van der Waals surface area (Å²) < 4.78 is 48.1. The van der Waals surface area contributed by atoms with Crippen LogP contribution in [0.4, 0.5) is 13.2 Å². The summed E-state index contributed by atoms with van der Waals surface area (Å²) in [6.07, 6.45) is -4.69. The number of fused-ring (bicyclic) bond motifs is 1. The molecule has 0 saturated carbocycles. The Balaban J connectivity index is 1.38. The molecule has 1 aromatic carbocycles. The number of hydrogen-bond donors (Lipinski definition) is 2. The van der Waals surface area contributed by atoms with Gasteiger partial charge in [-0.2, -0.15) is 13.2 Å². The topological polar surface area (TPSA) is 107 Å². The maximum absolute atomic E-state index is 12.5. The number of aromatic nitrogens is 1. The summed E-state index contributed by atoms with van der Waals surface area (Å²) in [6.45, 7) is 3.38. The highest BCUT2D eigenvalue weighted by atomic mass is 35.5.